The summed E-state index contributed by atoms with van der Waals surface area (Å²) < 4.78 is 0. The summed E-state index contributed by atoms with van der Waals surface area (Å²) in [5.41, 5.74) is 3.90. The van der Waals surface area contributed by atoms with Crippen LogP contribution in [-0.4, -0.2) is 60.3 Å². The van der Waals surface area contributed by atoms with Crippen LogP contribution in [-0.2, 0) is 14.4 Å². The summed E-state index contributed by atoms with van der Waals surface area (Å²) >= 11 is 1.27. The molecule has 0 saturated heterocycles. The molecule has 0 aliphatic heterocycles. The number of aromatic amines is 1. The van der Waals surface area contributed by atoms with Crippen molar-refractivity contribution < 1.29 is 24.6 Å². The lowest BCUT2D eigenvalue weighted by atomic mass is 9.89. The number of carbonyl (C=O) groups is 3. The molecule has 2 aliphatic rings. The Hall–Kier alpha value is -2.14. The summed E-state index contributed by atoms with van der Waals surface area (Å²) in [5.74, 6) is -4.74. The maximum absolute atomic E-state index is 12.0. The van der Waals surface area contributed by atoms with Crippen molar-refractivity contribution in [2.75, 3.05) is 0 Å². The number of nitrogens with one attached hydrogen (secondary N) is 2. The number of nitrogens with zero attached hydrogens (tertiary/aromatic N) is 2. The van der Waals surface area contributed by atoms with Crippen LogP contribution in [0.5, 0.6) is 0 Å². The molecule has 6 atom stereocenters. The van der Waals surface area contributed by atoms with Crippen molar-refractivity contribution in [2.45, 2.75) is 35.2 Å². The van der Waals surface area contributed by atoms with Crippen LogP contribution in [0.25, 0.3) is 0 Å². The van der Waals surface area contributed by atoms with Gasteiger partial charge in [-0.25, -0.2) is 4.79 Å². The zero-order valence-electron chi connectivity index (χ0n) is 12.7. The second-order valence-corrected chi connectivity index (χ2v) is 7.45. The van der Waals surface area contributed by atoms with Crippen molar-refractivity contribution in [2.24, 2.45) is 23.5 Å². The summed E-state index contributed by atoms with van der Waals surface area (Å²) in [6, 6.07) is -0.885. The highest BCUT2D eigenvalue weighted by Gasteiger charge is 2.75. The molecule has 1 amide bonds. The zero-order chi connectivity index (χ0) is 17.6. The molecule has 6 unspecified atom stereocenters. The first-order valence-electron chi connectivity index (χ1n) is 7.34. The van der Waals surface area contributed by atoms with Crippen LogP contribution in [0.4, 0.5) is 0 Å². The molecular formula is C13H17N5O5S. The average Bonchev–Trinajstić information content (AvgIpc) is 2.90. The number of aliphatic carboxylic acids is 2. The van der Waals surface area contributed by atoms with Crippen molar-refractivity contribution >= 4 is 29.6 Å². The Balaban J connectivity index is 1.90. The van der Waals surface area contributed by atoms with E-state index in [0.717, 1.165) is 0 Å². The molecule has 2 fully saturated rings. The van der Waals surface area contributed by atoms with E-state index in [1.54, 1.807) is 0 Å². The smallest absolute Gasteiger partial charge is 0.329 e. The largest absolute Gasteiger partial charge is 0.481 e. The lowest BCUT2D eigenvalue weighted by Gasteiger charge is -2.30. The minimum absolute atomic E-state index is 0.109. The van der Waals surface area contributed by atoms with Crippen molar-refractivity contribution in [3.05, 3.63) is 6.20 Å². The number of fused-ring (bicyclic) bond motifs is 1. The van der Waals surface area contributed by atoms with Gasteiger partial charge in [0.2, 0.25) is 5.91 Å². The van der Waals surface area contributed by atoms with E-state index in [2.05, 4.69) is 20.7 Å². The van der Waals surface area contributed by atoms with Crippen molar-refractivity contribution in [1.82, 2.24) is 20.7 Å². The van der Waals surface area contributed by atoms with Gasteiger partial charge in [0.15, 0.2) is 0 Å². The fourth-order valence-corrected chi connectivity index (χ4v) is 4.97. The molecule has 2 saturated carbocycles. The Morgan fingerprint density at radius 1 is 1.50 bits per heavy atom. The van der Waals surface area contributed by atoms with E-state index in [4.69, 9.17) is 5.73 Å². The number of amides is 1. The summed E-state index contributed by atoms with van der Waals surface area (Å²) in [4.78, 5) is 35.4. The van der Waals surface area contributed by atoms with E-state index >= 15 is 0 Å². The van der Waals surface area contributed by atoms with Crippen molar-refractivity contribution in [3.8, 4) is 0 Å². The van der Waals surface area contributed by atoms with Crippen molar-refractivity contribution in [1.29, 1.82) is 0 Å². The summed E-state index contributed by atoms with van der Waals surface area (Å²) in [6.07, 6.45) is 1.59. The van der Waals surface area contributed by atoms with E-state index < -0.39 is 41.3 Å². The third-order valence-corrected chi connectivity index (χ3v) is 5.91. The standard InChI is InChI=1S/C13H17N5O5S/c1-4(14)10(19)16-13(12(22)23)2-5(24-6-3-15-18-17-6)7-8(9(7)13)11(20)21/h3-5,7-9H,2,14H2,1H3,(H,16,19)(H,20,21)(H,22,23)(H,15,17,18). The SMILES string of the molecule is CC(N)C(=O)NC1(C(=O)O)CC(Sc2cn[nH]n2)C2C(C(=O)O)C21. The normalized spacial score (nSPS) is 35.1. The number of H-pyrrole nitrogens is 1. The molecule has 24 heavy (non-hydrogen) atoms. The average molecular weight is 355 g/mol. The first-order chi connectivity index (χ1) is 11.3. The summed E-state index contributed by atoms with van der Waals surface area (Å²) in [5, 5.41) is 31.9. The molecule has 1 aromatic rings. The number of carboxylic acids is 2. The molecule has 0 spiro atoms. The molecule has 1 heterocycles. The topological polar surface area (TPSA) is 171 Å². The Morgan fingerprint density at radius 3 is 2.71 bits per heavy atom. The number of thioether (sulfide) groups is 1. The maximum Gasteiger partial charge on any atom is 0.329 e. The van der Waals surface area contributed by atoms with E-state index in [1.165, 1.54) is 24.9 Å². The molecule has 0 radical (unpaired) electrons. The maximum atomic E-state index is 12.0. The number of carboxylic acid groups (broad SMARTS) is 2. The lowest BCUT2D eigenvalue weighted by molar-refractivity contribution is -0.149. The monoisotopic (exact) mass is 355 g/mol. The molecule has 3 rings (SSSR count). The fraction of sp³-hybridized carbons (Fsp3) is 0.615. The Kier molecular flexibility index (Phi) is 4.00. The van der Waals surface area contributed by atoms with Crippen LogP contribution in [0, 0.1) is 17.8 Å². The van der Waals surface area contributed by atoms with Gasteiger partial charge in [0, 0.05) is 11.2 Å². The number of hydrogen-bond donors (Lipinski definition) is 5. The summed E-state index contributed by atoms with van der Waals surface area (Å²) in [6.45, 7) is 1.44. The number of aromatic nitrogens is 3. The van der Waals surface area contributed by atoms with E-state index in [-0.39, 0.29) is 17.6 Å². The first kappa shape index (κ1) is 16.7. The van der Waals surface area contributed by atoms with E-state index in [1.807, 2.05) is 0 Å². The molecule has 0 aromatic carbocycles. The van der Waals surface area contributed by atoms with Gasteiger partial charge in [-0.05, 0) is 19.3 Å². The van der Waals surface area contributed by atoms with Gasteiger partial charge in [-0.3, -0.25) is 9.59 Å². The second-order valence-electron chi connectivity index (χ2n) is 6.19. The number of rotatable bonds is 6. The highest BCUT2D eigenvalue weighted by Crippen LogP contribution is 2.65. The van der Waals surface area contributed by atoms with E-state index in [0.29, 0.717) is 5.03 Å². The number of hydrogen-bond acceptors (Lipinski definition) is 7. The molecular weight excluding hydrogens is 338 g/mol. The van der Waals surface area contributed by atoms with Crippen LogP contribution in [0.2, 0.25) is 0 Å². The van der Waals surface area contributed by atoms with E-state index in [9.17, 15) is 24.6 Å². The van der Waals surface area contributed by atoms with Gasteiger partial charge in [-0.15, -0.1) is 5.10 Å². The van der Waals surface area contributed by atoms with Gasteiger partial charge >= 0.3 is 11.9 Å². The third-order valence-electron chi connectivity index (χ3n) is 4.69. The molecule has 1 aromatic heterocycles. The molecule has 130 valence electrons. The number of carbonyl (C=O) groups excluding carboxylic acids is 1. The Labute approximate surface area is 140 Å². The van der Waals surface area contributed by atoms with Gasteiger partial charge in [0.25, 0.3) is 0 Å². The highest BCUT2D eigenvalue weighted by atomic mass is 32.2. The van der Waals surface area contributed by atoms with Gasteiger partial charge in [0.05, 0.1) is 18.2 Å². The van der Waals surface area contributed by atoms with Crippen LogP contribution in [0.3, 0.4) is 0 Å². The highest BCUT2D eigenvalue weighted by molar-refractivity contribution is 7.99. The van der Waals surface area contributed by atoms with Crippen LogP contribution in [0.15, 0.2) is 11.2 Å². The molecule has 10 nitrogen and oxygen atoms in total. The van der Waals surface area contributed by atoms with Gasteiger partial charge < -0.3 is 21.3 Å². The zero-order valence-corrected chi connectivity index (χ0v) is 13.5. The predicted molar refractivity (Wildman–Crippen MR) is 80.9 cm³/mol. The molecule has 0 bridgehead atoms. The third kappa shape index (κ3) is 2.53. The van der Waals surface area contributed by atoms with Crippen LogP contribution in [0.1, 0.15) is 13.3 Å². The minimum atomic E-state index is -1.63. The lowest BCUT2D eigenvalue weighted by Crippen LogP contribution is -2.59. The Bertz CT molecular complexity index is 680. The van der Waals surface area contributed by atoms with Crippen molar-refractivity contribution in [3.63, 3.8) is 0 Å². The molecule has 11 heteroatoms. The summed E-state index contributed by atoms with van der Waals surface area (Å²) in [7, 11) is 0. The Morgan fingerprint density at radius 2 is 2.21 bits per heavy atom. The molecule has 2 aliphatic carbocycles. The minimum Gasteiger partial charge on any atom is -0.481 e. The van der Waals surface area contributed by atoms with Gasteiger partial charge in [0.1, 0.15) is 10.6 Å². The van der Waals surface area contributed by atoms with Gasteiger partial charge in [-0.2, -0.15) is 10.3 Å². The number of nitrogens with two attached hydrogens (primary N) is 1. The predicted octanol–water partition coefficient (Wildman–Crippen LogP) is -1.10. The first-order valence-corrected chi connectivity index (χ1v) is 8.22. The van der Waals surface area contributed by atoms with Crippen LogP contribution >= 0.6 is 11.8 Å². The van der Waals surface area contributed by atoms with Gasteiger partial charge in [-0.1, -0.05) is 11.8 Å². The van der Waals surface area contributed by atoms with Crippen LogP contribution < -0.4 is 11.1 Å². The second kappa shape index (κ2) is 5.74. The quantitative estimate of drug-likeness (QED) is 0.425. The fourth-order valence-electron chi connectivity index (χ4n) is 3.61. The molecule has 6 N–H and O–H groups in total.